The fourth-order valence-corrected chi connectivity index (χ4v) is 3.75. The van der Waals surface area contributed by atoms with Crippen LogP contribution in [-0.2, 0) is 16.0 Å². The molecule has 0 radical (unpaired) electrons. The molecule has 0 N–H and O–H groups in total. The van der Waals surface area contributed by atoms with Crippen molar-refractivity contribution in [3.05, 3.63) is 69.6 Å². The number of imide groups is 1. The van der Waals surface area contributed by atoms with Crippen LogP contribution >= 0.6 is 23.4 Å². The van der Waals surface area contributed by atoms with E-state index in [4.69, 9.17) is 11.6 Å². The van der Waals surface area contributed by atoms with Gasteiger partial charge < -0.3 is 0 Å². The Morgan fingerprint density at radius 1 is 0.920 bits per heavy atom. The molecule has 0 saturated heterocycles. The summed E-state index contributed by atoms with van der Waals surface area (Å²) in [7, 11) is 0. The smallest absolute Gasteiger partial charge is 0.268 e. The number of anilines is 1. The van der Waals surface area contributed by atoms with Gasteiger partial charge in [-0.1, -0.05) is 49.7 Å². The molecule has 128 valence electrons. The molecule has 1 aliphatic rings. The lowest BCUT2D eigenvalue weighted by molar-refractivity contribution is -0.119. The molecule has 0 unspecified atom stereocenters. The van der Waals surface area contributed by atoms with Crippen molar-refractivity contribution in [3.63, 3.8) is 0 Å². The van der Waals surface area contributed by atoms with Crippen LogP contribution in [0.4, 0.5) is 5.69 Å². The molecule has 25 heavy (non-hydrogen) atoms. The zero-order chi connectivity index (χ0) is 18.0. The van der Waals surface area contributed by atoms with Gasteiger partial charge in [-0.15, -0.1) is 11.8 Å². The summed E-state index contributed by atoms with van der Waals surface area (Å²) in [5.74, 6) is 0.173. The second-order valence-corrected chi connectivity index (χ2v) is 7.32. The Labute approximate surface area is 156 Å². The van der Waals surface area contributed by atoms with Crippen LogP contribution in [0.1, 0.15) is 25.0 Å². The van der Waals surface area contributed by atoms with E-state index in [0.29, 0.717) is 32.5 Å². The summed E-state index contributed by atoms with van der Waals surface area (Å²) < 4.78 is 0. The predicted octanol–water partition coefficient (Wildman–Crippen LogP) is 4.94. The standard InChI is InChI=1S/C20H18ClNO2S/c1-3-13-5-11-16(12-6-13)22-19(23)17(18(20(22)24)25-4-2)14-7-9-15(21)10-8-14/h5-12H,3-4H2,1-2H3. The highest BCUT2D eigenvalue weighted by Crippen LogP contribution is 2.38. The SMILES string of the molecule is CCSC1=C(c2ccc(Cl)cc2)C(=O)N(c2ccc(CC)cc2)C1=O. The number of carbonyl (C=O) groups excluding carboxylic acids is 2. The highest BCUT2D eigenvalue weighted by Gasteiger charge is 2.39. The minimum absolute atomic E-state index is 0.258. The van der Waals surface area contributed by atoms with Crippen molar-refractivity contribution in [2.75, 3.05) is 10.7 Å². The monoisotopic (exact) mass is 371 g/mol. The number of thioether (sulfide) groups is 1. The van der Waals surface area contributed by atoms with Gasteiger partial charge in [0.25, 0.3) is 11.8 Å². The average Bonchev–Trinajstić information content (AvgIpc) is 2.87. The third-order valence-electron chi connectivity index (χ3n) is 4.07. The van der Waals surface area contributed by atoms with Crippen molar-refractivity contribution < 1.29 is 9.59 Å². The number of carbonyl (C=O) groups is 2. The van der Waals surface area contributed by atoms with E-state index in [1.807, 2.05) is 31.2 Å². The van der Waals surface area contributed by atoms with Crippen molar-refractivity contribution >= 4 is 46.4 Å². The Hall–Kier alpha value is -2.04. The molecule has 0 bridgehead atoms. The van der Waals surface area contributed by atoms with Gasteiger partial charge in [-0.25, -0.2) is 4.90 Å². The lowest BCUT2D eigenvalue weighted by atomic mass is 10.1. The van der Waals surface area contributed by atoms with Crippen LogP contribution in [0.5, 0.6) is 0 Å². The van der Waals surface area contributed by atoms with Gasteiger partial charge in [-0.05, 0) is 47.6 Å². The Morgan fingerprint density at radius 2 is 1.56 bits per heavy atom. The predicted molar refractivity (Wildman–Crippen MR) is 105 cm³/mol. The molecule has 0 fully saturated rings. The topological polar surface area (TPSA) is 37.4 Å². The third-order valence-corrected chi connectivity index (χ3v) is 5.27. The Bertz CT molecular complexity index is 841. The first-order valence-electron chi connectivity index (χ1n) is 8.17. The number of hydrogen-bond donors (Lipinski definition) is 0. The minimum Gasteiger partial charge on any atom is -0.268 e. The molecule has 2 amide bonds. The van der Waals surface area contributed by atoms with Crippen LogP contribution in [0.25, 0.3) is 5.57 Å². The van der Waals surface area contributed by atoms with E-state index in [1.165, 1.54) is 16.7 Å². The molecular weight excluding hydrogens is 354 g/mol. The second-order valence-electron chi connectivity index (χ2n) is 5.61. The molecule has 0 spiro atoms. The molecule has 3 nitrogen and oxygen atoms in total. The number of amides is 2. The molecule has 0 aromatic heterocycles. The summed E-state index contributed by atoms with van der Waals surface area (Å²) in [4.78, 5) is 27.7. The van der Waals surface area contributed by atoms with Crippen LogP contribution in [0.15, 0.2) is 53.4 Å². The first-order chi connectivity index (χ1) is 12.1. The summed E-state index contributed by atoms with van der Waals surface area (Å²) in [6, 6.07) is 14.6. The minimum atomic E-state index is -0.285. The second kappa shape index (κ2) is 7.46. The number of aryl methyl sites for hydroxylation is 1. The molecule has 3 rings (SSSR count). The van der Waals surface area contributed by atoms with Gasteiger partial charge in [0.05, 0.1) is 16.2 Å². The Morgan fingerprint density at radius 3 is 2.12 bits per heavy atom. The zero-order valence-corrected chi connectivity index (χ0v) is 15.7. The Balaban J connectivity index is 2.04. The van der Waals surface area contributed by atoms with Crippen molar-refractivity contribution in [2.24, 2.45) is 0 Å². The van der Waals surface area contributed by atoms with Crippen LogP contribution in [0, 0.1) is 0 Å². The van der Waals surface area contributed by atoms with Crippen molar-refractivity contribution in [3.8, 4) is 0 Å². The summed E-state index contributed by atoms with van der Waals surface area (Å²) in [6.45, 7) is 4.03. The molecule has 0 atom stereocenters. The Kier molecular flexibility index (Phi) is 5.30. The highest BCUT2D eigenvalue weighted by atomic mass is 35.5. The molecule has 1 aliphatic heterocycles. The van der Waals surface area contributed by atoms with Crippen LogP contribution < -0.4 is 4.90 Å². The van der Waals surface area contributed by atoms with Crippen LogP contribution in [0.3, 0.4) is 0 Å². The van der Waals surface area contributed by atoms with Crippen LogP contribution in [0.2, 0.25) is 5.02 Å². The van der Waals surface area contributed by atoms with E-state index in [-0.39, 0.29) is 11.8 Å². The molecule has 1 heterocycles. The molecular formula is C20H18ClNO2S. The number of nitrogens with zero attached hydrogens (tertiary/aromatic N) is 1. The molecule has 0 aliphatic carbocycles. The van der Waals surface area contributed by atoms with E-state index in [1.54, 1.807) is 24.3 Å². The molecule has 5 heteroatoms. The number of benzene rings is 2. The normalized spacial score (nSPS) is 14.6. The van der Waals surface area contributed by atoms with E-state index in [2.05, 4.69) is 6.92 Å². The maximum atomic E-state index is 13.0. The molecule has 2 aromatic rings. The number of hydrogen-bond acceptors (Lipinski definition) is 3. The first kappa shape index (κ1) is 17.8. The van der Waals surface area contributed by atoms with Crippen molar-refractivity contribution in [1.82, 2.24) is 0 Å². The summed E-state index contributed by atoms with van der Waals surface area (Å²) >= 11 is 7.35. The van der Waals surface area contributed by atoms with Crippen molar-refractivity contribution in [1.29, 1.82) is 0 Å². The van der Waals surface area contributed by atoms with Gasteiger partial charge in [0.15, 0.2) is 0 Å². The maximum absolute atomic E-state index is 13.0. The summed E-state index contributed by atoms with van der Waals surface area (Å²) in [5, 5.41) is 0.595. The van der Waals surface area contributed by atoms with Gasteiger partial charge in [0.1, 0.15) is 0 Å². The summed E-state index contributed by atoms with van der Waals surface area (Å²) in [6.07, 6.45) is 0.910. The fourth-order valence-electron chi connectivity index (χ4n) is 2.77. The van der Waals surface area contributed by atoms with Crippen LogP contribution in [-0.4, -0.2) is 17.6 Å². The quantitative estimate of drug-likeness (QED) is 0.698. The number of halogens is 1. The number of rotatable bonds is 5. The van der Waals surface area contributed by atoms with Gasteiger partial charge >= 0.3 is 0 Å². The largest absolute Gasteiger partial charge is 0.272 e. The molecule has 2 aromatic carbocycles. The zero-order valence-electron chi connectivity index (χ0n) is 14.1. The fraction of sp³-hybridized carbons (Fsp3) is 0.200. The average molecular weight is 372 g/mol. The summed E-state index contributed by atoms with van der Waals surface area (Å²) in [5.41, 5.74) is 2.93. The highest BCUT2D eigenvalue weighted by molar-refractivity contribution is 8.04. The van der Waals surface area contributed by atoms with Gasteiger partial charge in [0.2, 0.25) is 0 Å². The lowest BCUT2D eigenvalue weighted by Gasteiger charge is -2.15. The third kappa shape index (κ3) is 3.37. The van der Waals surface area contributed by atoms with Gasteiger partial charge in [-0.3, -0.25) is 9.59 Å². The van der Waals surface area contributed by atoms with Gasteiger partial charge in [0, 0.05) is 5.02 Å². The first-order valence-corrected chi connectivity index (χ1v) is 9.53. The van der Waals surface area contributed by atoms with E-state index >= 15 is 0 Å². The van der Waals surface area contributed by atoms with E-state index in [9.17, 15) is 9.59 Å². The lowest BCUT2D eigenvalue weighted by Crippen LogP contribution is -2.31. The molecule has 0 saturated carbocycles. The maximum Gasteiger partial charge on any atom is 0.272 e. The van der Waals surface area contributed by atoms with E-state index in [0.717, 1.165) is 12.0 Å². The van der Waals surface area contributed by atoms with Gasteiger partial charge in [-0.2, -0.15) is 0 Å². The van der Waals surface area contributed by atoms with Crippen molar-refractivity contribution in [2.45, 2.75) is 20.3 Å². The van der Waals surface area contributed by atoms with E-state index < -0.39 is 0 Å².